The summed E-state index contributed by atoms with van der Waals surface area (Å²) in [6, 6.07) is 0. The van der Waals surface area contributed by atoms with Crippen molar-refractivity contribution in [2.75, 3.05) is 0 Å². The summed E-state index contributed by atoms with van der Waals surface area (Å²) in [5.74, 6) is 0. The first-order chi connectivity index (χ1) is 0. The Morgan fingerprint density at radius 1 is 1.00 bits per heavy atom. The maximum atomic E-state index is 0. The fourth-order valence-electron chi connectivity index (χ4n) is 0. The van der Waals surface area contributed by atoms with Gasteiger partial charge in [0.15, 0.2) is 0 Å². The second kappa shape index (κ2) is 29.9. The zero-order valence-electron chi connectivity index (χ0n) is 1.41. The van der Waals surface area contributed by atoms with Crippen molar-refractivity contribution < 1.29 is 47.2 Å². The number of hydrogen-bond acceptors (Lipinski definition) is 0. The molecule has 0 rings (SSSR count). The molecule has 5 heavy (non-hydrogen) atoms. The molecular weight excluding hydrogens is 225 g/mol. The summed E-state index contributed by atoms with van der Waals surface area (Å²) >= 11 is 0. The summed E-state index contributed by atoms with van der Waals surface area (Å²) in [6.07, 6.45) is 0. The number of hydrogen-bond donors (Lipinski definition) is 0. The van der Waals surface area contributed by atoms with Crippen LogP contribution in [0.5, 0.6) is 0 Å². The van der Waals surface area contributed by atoms with E-state index in [0.29, 0.717) is 0 Å². The maximum absolute atomic E-state index is 0. The van der Waals surface area contributed by atoms with Crippen LogP contribution in [0.3, 0.4) is 0 Å². The van der Waals surface area contributed by atoms with Crippen LogP contribution in [0, 0.1) is 41.7 Å². The standard InChI is InChI=1S/BH3.Ce.ClH.Na.H2O.H/h1H3;;1H;;1H2;. The van der Waals surface area contributed by atoms with Gasteiger partial charge in [-0.25, -0.2) is 0 Å². The molecular formula is H7BCeClNaO. The molecule has 1 nitrogen and oxygen atoms in total. The third-order valence-electron chi connectivity index (χ3n) is 0. The van der Waals surface area contributed by atoms with E-state index < -0.39 is 0 Å². The van der Waals surface area contributed by atoms with Gasteiger partial charge in [-0.2, -0.15) is 0 Å². The summed E-state index contributed by atoms with van der Waals surface area (Å²) in [4.78, 5) is 0. The quantitative estimate of drug-likeness (QED) is 0.423. The van der Waals surface area contributed by atoms with Crippen LogP contribution in [0.4, 0.5) is 0 Å². The van der Waals surface area contributed by atoms with Gasteiger partial charge in [-0.15, -0.1) is 12.4 Å². The van der Waals surface area contributed by atoms with E-state index in [2.05, 4.69) is 0 Å². The first-order valence-electron chi connectivity index (χ1n) is 0. The van der Waals surface area contributed by atoms with Crippen LogP contribution >= 0.6 is 12.4 Å². The molecule has 0 aromatic heterocycles. The van der Waals surface area contributed by atoms with E-state index in [1.165, 1.54) is 0 Å². The molecule has 0 saturated carbocycles. The fraction of sp³-hybridized carbons (Fsp3) is 0. The SMILES string of the molecule is B.Cl.O.[Ce].[NaH]. The van der Waals surface area contributed by atoms with Crippen LogP contribution in [0.15, 0.2) is 0 Å². The molecule has 0 atom stereocenters. The molecule has 0 fully saturated rings. The normalized spacial score (nSPS) is 0. The molecule has 28 valence electrons. The summed E-state index contributed by atoms with van der Waals surface area (Å²) in [6.45, 7) is 0. The van der Waals surface area contributed by atoms with Crippen molar-refractivity contribution in [3.63, 3.8) is 0 Å². The minimum absolute atomic E-state index is 0. The average molecular weight is 232 g/mol. The number of rotatable bonds is 0. The van der Waals surface area contributed by atoms with Crippen molar-refractivity contribution in [1.82, 2.24) is 0 Å². The van der Waals surface area contributed by atoms with E-state index in [1.807, 2.05) is 0 Å². The Hall–Kier alpha value is 2.69. The van der Waals surface area contributed by atoms with Gasteiger partial charge in [0.1, 0.15) is 0 Å². The van der Waals surface area contributed by atoms with Gasteiger partial charge in [0.2, 0.25) is 0 Å². The Labute approximate surface area is 95.6 Å². The Morgan fingerprint density at radius 2 is 1.00 bits per heavy atom. The molecule has 0 amide bonds. The molecule has 0 saturated heterocycles. The molecule has 0 aromatic carbocycles. The van der Waals surface area contributed by atoms with Crippen molar-refractivity contribution >= 4 is 50.4 Å². The van der Waals surface area contributed by atoms with E-state index in [9.17, 15) is 0 Å². The molecule has 0 heterocycles. The molecule has 0 aliphatic rings. The van der Waals surface area contributed by atoms with Crippen molar-refractivity contribution in [2.24, 2.45) is 0 Å². The van der Waals surface area contributed by atoms with Gasteiger partial charge < -0.3 is 5.48 Å². The number of halogens is 1. The zero-order valence-corrected chi connectivity index (χ0v) is 5.36. The summed E-state index contributed by atoms with van der Waals surface area (Å²) < 4.78 is 0. The zero-order chi connectivity index (χ0) is 0. The molecule has 5 heteroatoms. The van der Waals surface area contributed by atoms with Crippen LogP contribution in [-0.4, -0.2) is 43.4 Å². The Morgan fingerprint density at radius 3 is 1.00 bits per heavy atom. The van der Waals surface area contributed by atoms with E-state index in [-0.39, 0.29) is 97.6 Å². The predicted molar refractivity (Wildman–Crippen MR) is 27.9 cm³/mol. The summed E-state index contributed by atoms with van der Waals surface area (Å²) in [5, 5.41) is 0. The predicted octanol–water partition coefficient (Wildman–Crippen LogP) is -2.24. The molecule has 0 bridgehead atoms. The van der Waals surface area contributed by atoms with E-state index in [0.717, 1.165) is 0 Å². The topological polar surface area (TPSA) is 31.5 Å². The van der Waals surface area contributed by atoms with Crippen LogP contribution in [0.25, 0.3) is 0 Å². The van der Waals surface area contributed by atoms with Crippen molar-refractivity contribution in [1.29, 1.82) is 0 Å². The van der Waals surface area contributed by atoms with Gasteiger partial charge in [-0.3, -0.25) is 0 Å². The van der Waals surface area contributed by atoms with E-state index >= 15 is 0 Å². The molecule has 2 N–H and O–H groups in total. The van der Waals surface area contributed by atoms with E-state index in [1.54, 1.807) is 0 Å². The van der Waals surface area contributed by atoms with Gasteiger partial charge in [-0.1, -0.05) is 0 Å². The second-order valence-corrected chi connectivity index (χ2v) is 0. The molecule has 0 aliphatic heterocycles. The summed E-state index contributed by atoms with van der Waals surface area (Å²) in [7, 11) is 0. The van der Waals surface area contributed by atoms with Gasteiger partial charge in [0.25, 0.3) is 0 Å². The van der Waals surface area contributed by atoms with Crippen LogP contribution < -0.4 is 0 Å². The van der Waals surface area contributed by atoms with Crippen molar-refractivity contribution in [3.05, 3.63) is 0 Å². The molecule has 0 aliphatic carbocycles. The summed E-state index contributed by atoms with van der Waals surface area (Å²) in [5.41, 5.74) is 0. The average Bonchev–Trinajstić information content (AvgIpc) is 0. The van der Waals surface area contributed by atoms with E-state index in [4.69, 9.17) is 0 Å². The minimum atomic E-state index is 0. The van der Waals surface area contributed by atoms with Gasteiger partial charge in [0.05, 0.1) is 8.41 Å². The third kappa shape index (κ3) is 20.3. The van der Waals surface area contributed by atoms with Gasteiger partial charge >= 0.3 is 29.6 Å². The monoisotopic (exact) mass is 232 g/mol. The Balaban J connectivity index is 0. The van der Waals surface area contributed by atoms with Gasteiger partial charge in [-0.05, 0) is 0 Å². The fourth-order valence-corrected chi connectivity index (χ4v) is 0. The Bertz CT molecular complexity index is 11.6. The van der Waals surface area contributed by atoms with Crippen LogP contribution in [0.1, 0.15) is 0 Å². The molecule has 0 unspecified atom stereocenters. The first kappa shape index (κ1) is 47.5. The third-order valence-corrected chi connectivity index (χ3v) is 0. The van der Waals surface area contributed by atoms with Crippen molar-refractivity contribution in [2.45, 2.75) is 0 Å². The van der Waals surface area contributed by atoms with Crippen LogP contribution in [-0.2, 0) is 0 Å². The molecule has 0 spiro atoms. The van der Waals surface area contributed by atoms with Crippen LogP contribution in [0.2, 0.25) is 0 Å². The Kier molecular flexibility index (Phi) is 284. The van der Waals surface area contributed by atoms with Crippen molar-refractivity contribution in [3.8, 4) is 0 Å². The first-order valence-corrected chi connectivity index (χ1v) is 0. The molecule has 0 aromatic rings. The van der Waals surface area contributed by atoms with Gasteiger partial charge in [0, 0.05) is 41.7 Å². The second-order valence-electron chi connectivity index (χ2n) is 0. The molecule has 0 radical (unpaired) electrons.